The molecule has 0 aromatic heterocycles. The molecule has 0 saturated carbocycles. The summed E-state index contributed by atoms with van der Waals surface area (Å²) in [5.74, 6) is -0.0420. The van der Waals surface area contributed by atoms with Crippen molar-refractivity contribution in [2.75, 3.05) is 18.4 Å². The standard InChI is InChI=1S/C15H21N3O2/c1-2-9-16-13-6-4-3-5-12(13)15(20)17-10-11-7-8-14(19)18-11/h3-6,11,16H,2,7-10H2,1H3,(H,17,20)(H,18,19). The summed E-state index contributed by atoms with van der Waals surface area (Å²) in [5.41, 5.74) is 1.49. The lowest BCUT2D eigenvalue weighted by Crippen LogP contribution is -2.38. The van der Waals surface area contributed by atoms with Crippen LogP contribution in [-0.2, 0) is 4.79 Å². The lowest BCUT2D eigenvalue weighted by Gasteiger charge is -2.14. The number of rotatable bonds is 6. The molecule has 0 radical (unpaired) electrons. The predicted octanol–water partition coefficient (Wildman–Crippen LogP) is 1.52. The van der Waals surface area contributed by atoms with Crippen molar-refractivity contribution < 1.29 is 9.59 Å². The molecule has 0 spiro atoms. The number of anilines is 1. The van der Waals surface area contributed by atoms with Gasteiger partial charge in [0.05, 0.1) is 5.56 Å². The number of nitrogens with one attached hydrogen (secondary N) is 3. The zero-order valence-electron chi connectivity index (χ0n) is 11.7. The third kappa shape index (κ3) is 3.73. The van der Waals surface area contributed by atoms with Gasteiger partial charge in [-0.25, -0.2) is 0 Å². The Morgan fingerprint density at radius 3 is 2.90 bits per heavy atom. The maximum Gasteiger partial charge on any atom is 0.253 e. The maximum atomic E-state index is 12.2. The molecule has 1 heterocycles. The van der Waals surface area contributed by atoms with Crippen LogP contribution in [0.5, 0.6) is 0 Å². The lowest BCUT2D eigenvalue weighted by atomic mass is 10.1. The molecular weight excluding hydrogens is 254 g/mol. The van der Waals surface area contributed by atoms with Gasteiger partial charge in [-0.2, -0.15) is 0 Å². The van der Waals surface area contributed by atoms with Crippen LogP contribution in [0.15, 0.2) is 24.3 Å². The van der Waals surface area contributed by atoms with Gasteiger partial charge in [0.2, 0.25) is 5.91 Å². The third-order valence-corrected chi connectivity index (χ3v) is 3.33. The molecule has 20 heavy (non-hydrogen) atoms. The maximum absolute atomic E-state index is 12.2. The van der Waals surface area contributed by atoms with E-state index in [0.29, 0.717) is 18.5 Å². The molecule has 2 rings (SSSR count). The van der Waals surface area contributed by atoms with E-state index in [9.17, 15) is 9.59 Å². The highest BCUT2D eigenvalue weighted by Crippen LogP contribution is 2.15. The highest BCUT2D eigenvalue weighted by atomic mass is 16.2. The summed E-state index contributed by atoms with van der Waals surface area (Å²) in [6.07, 6.45) is 2.34. The molecule has 1 aromatic carbocycles. The van der Waals surface area contributed by atoms with Gasteiger partial charge < -0.3 is 16.0 Å². The second-order valence-electron chi connectivity index (χ2n) is 4.99. The second-order valence-corrected chi connectivity index (χ2v) is 4.99. The minimum atomic E-state index is -0.106. The zero-order valence-corrected chi connectivity index (χ0v) is 11.7. The third-order valence-electron chi connectivity index (χ3n) is 3.33. The van der Waals surface area contributed by atoms with E-state index in [1.165, 1.54) is 0 Å². The first-order chi connectivity index (χ1) is 9.70. The Balaban J connectivity index is 1.93. The molecule has 1 fully saturated rings. The van der Waals surface area contributed by atoms with Crippen LogP contribution in [0.3, 0.4) is 0 Å². The summed E-state index contributed by atoms with van der Waals surface area (Å²) >= 11 is 0. The van der Waals surface area contributed by atoms with Gasteiger partial charge >= 0.3 is 0 Å². The Bertz CT molecular complexity index is 488. The first kappa shape index (κ1) is 14.4. The van der Waals surface area contributed by atoms with Gasteiger partial charge in [0.15, 0.2) is 0 Å². The van der Waals surface area contributed by atoms with Crippen molar-refractivity contribution in [2.24, 2.45) is 0 Å². The van der Waals surface area contributed by atoms with Crippen molar-refractivity contribution >= 4 is 17.5 Å². The van der Waals surface area contributed by atoms with Gasteiger partial charge in [0, 0.05) is 31.2 Å². The van der Waals surface area contributed by atoms with Gasteiger partial charge in [-0.05, 0) is 25.0 Å². The smallest absolute Gasteiger partial charge is 0.253 e. The van der Waals surface area contributed by atoms with Gasteiger partial charge in [-0.15, -0.1) is 0 Å². The molecule has 1 aromatic rings. The van der Waals surface area contributed by atoms with Gasteiger partial charge in [0.1, 0.15) is 0 Å². The molecule has 3 N–H and O–H groups in total. The SMILES string of the molecule is CCCNc1ccccc1C(=O)NCC1CCC(=O)N1. The molecule has 108 valence electrons. The Morgan fingerprint density at radius 2 is 2.20 bits per heavy atom. The van der Waals surface area contributed by atoms with Gasteiger partial charge in [-0.1, -0.05) is 19.1 Å². The van der Waals surface area contributed by atoms with Crippen LogP contribution in [0.1, 0.15) is 36.5 Å². The first-order valence-electron chi connectivity index (χ1n) is 7.11. The molecule has 5 heteroatoms. The fraction of sp³-hybridized carbons (Fsp3) is 0.467. The topological polar surface area (TPSA) is 70.2 Å². The summed E-state index contributed by atoms with van der Waals surface area (Å²) in [7, 11) is 0. The van der Waals surface area contributed by atoms with E-state index in [2.05, 4.69) is 22.9 Å². The van der Waals surface area contributed by atoms with Crippen LogP contribution in [0.2, 0.25) is 0 Å². The van der Waals surface area contributed by atoms with Gasteiger partial charge in [0.25, 0.3) is 5.91 Å². The normalized spacial score (nSPS) is 17.6. The van der Waals surface area contributed by atoms with E-state index in [-0.39, 0.29) is 17.9 Å². The van der Waals surface area contributed by atoms with Crippen LogP contribution in [0.4, 0.5) is 5.69 Å². The van der Waals surface area contributed by atoms with Crippen LogP contribution >= 0.6 is 0 Å². The number of carbonyl (C=O) groups is 2. The van der Waals surface area contributed by atoms with Crippen molar-refractivity contribution in [3.05, 3.63) is 29.8 Å². The zero-order chi connectivity index (χ0) is 14.4. The molecule has 1 unspecified atom stereocenters. The molecule has 2 amide bonds. The monoisotopic (exact) mass is 275 g/mol. The number of carbonyl (C=O) groups excluding carboxylic acids is 2. The van der Waals surface area contributed by atoms with E-state index < -0.39 is 0 Å². The van der Waals surface area contributed by atoms with E-state index in [1.807, 2.05) is 18.2 Å². The average molecular weight is 275 g/mol. The molecule has 1 saturated heterocycles. The van der Waals surface area contributed by atoms with Gasteiger partial charge in [-0.3, -0.25) is 9.59 Å². The van der Waals surface area contributed by atoms with Crippen molar-refractivity contribution in [3.63, 3.8) is 0 Å². The number of hydrogen-bond acceptors (Lipinski definition) is 3. The fourth-order valence-corrected chi connectivity index (χ4v) is 2.24. The molecule has 5 nitrogen and oxygen atoms in total. The molecule has 0 bridgehead atoms. The molecule has 1 aliphatic heterocycles. The summed E-state index contributed by atoms with van der Waals surface area (Å²) < 4.78 is 0. The predicted molar refractivity (Wildman–Crippen MR) is 78.7 cm³/mol. The molecule has 1 aliphatic rings. The summed E-state index contributed by atoms with van der Waals surface area (Å²) in [6, 6.07) is 7.53. The van der Waals surface area contributed by atoms with E-state index in [1.54, 1.807) is 6.07 Å². The van der Waals surface area contributed by atoms with Crippen molar-refractivity contribution in [1.29, 1.82) is 0 Å². The largest absolute Gasteiger partial charge is 0.384 e. The van der Waals surface area contributed by atoms with E-state index in [0.717, 1.165) is 25.1 Å². The fourth-order valence-electron chi connectivity index (χ4n) is 2.24. The van der Waals surface area contributed by atoms with Crippen LogP contribution < -0.4 is 16.0 Å². The van der Waals surface area contributed by atoms with E-state index >= 15 is 0 Å². The second kappa shape index (κ2) is 6.93. The lowest BCUT2D eigenvalue weighted by molar-refractivity contribution is -0.119. The highest BCUT2D eigenvalue weighted by molar-refractivity contribution is 5.99. The Labute approximate surface area is 119 Å². The average Bonchev–Trinajstić information content (AvgIpc) is 2.88. The van der Waals surface area contributed by atoms with E-state index in [4.69, 9.17) is 0 Å². The minimum absolute atomic E-state index is 0.0576. The Morgan fingerprint density at radius 1 is 1.40 bits per heavy atom. The number of para-hydroxylation sites is 1. The number of benzene rings is 1. The highest BCUT2D eigenvalue weighted by Gasteiger charge is 2.21. The van der Waals surface area contributed by atoms with Crippen LogP contribution in [0.25, 0.3) is 0 Å². The van der Waals surface area contributed by atoms with Crippen molar-refractivity contribution in [1.82, 2.24) is 10.6 Å². The van der Waals surface area contributed by atoms with Crippen molar-refractivity contribution in [2.45, 2.75) is 32.2 Å². The minimum Gasteiger partial charge on any atom is -0.384 e. The number of amides is 2. The summed E-state index contributed by atoms with van der Waals surface area (Å²) in [6.45, 7) is 3.40. The summed E-state index contributed by atoms with van der Waals surface area (Å²) in [4.78, 5) is 23.3. The van der Waals surface area contributed by atoms with Crippen LogP contribution in [0, 0.1) is 0 Å². The molecule has 1 atom stereocenters. The van der Waals surface area contributed by atoms with Crippen molar-refractivity contribution in [3.8, 4) is 0 Å². The number of hydrogen-bond donors (Lipinski definition) is 3. The summed E-state index contributed by atoms with van der Waals surface area (Å²) in [5, 5.41) is 8.97. The first-order valence-corrected chi connectivity index (χ1v) is 7.11. The molecule has 0 aliphatic carbocycles. The quantitative estimate of drug-likeness (QED) is 0.737. The van der Waals surface area contributed by atoms with Crippen LogP contribution in [-0.4, -0.2) is 30.9 Å². The Hall–Kier alpha value is -2.04. The molecular formula is C15H21N3O2. The Kier molecular flexibility index (Phi) is 4.98.